The maximum atomic E-state index is 14.6. The number of nitrogens with zero attached hydrogens (tertiary/aromatic N) is 1. The van der Waals surface area contributed by atoms with Crippen LogP contribution in [-0.4, -0.2) is 42.9 Å². The van der Waals surface area contributed by atoms with Gasteiger partial charge in [-0.2, -0.15) is 0 Å². The lowest BCUT2D eigenvalue weighted by atomic mass is 10.0. The Bertz CT molecular complexity index is 1020. The molecule has 3 aromatic rings. The van der Waals surface area contributed by atoms with Gasteiger partial charge < -0.3 is 19.9 Å². The predicted molar refractivity (Wildman–Crippen MR) is 108 cm³/mol. The minimum absolute atomic E-state index is 0.207. The topological polar surface area (TPSA) is 55.3 Å². The van der Waals surface area contributed by atoms with Crippen LogP contribution in [0.4, 0.5) is 8.78 Å². The molecule has 2 N–H and O–H groups in total. The first-order valence-electron chi connectivity index (χ1n) is 9.62. The van der Waals surface area contributed by atoms with Crippen molar-refractivity contribution >= 4 is 16.8 Å². The van der Waals surface area contributed by atoms with Crippen LogP contribution in [0.25, 0.3) is 10.9 Å². The Morgan fingerprint density at radius 1 is 1.28 bits per heavy atom. The summed E-state index contributed by atoms with van der Waals surface area (Å²) in [4.78, 5) is 12.9. The molecule has 0 bridgehead atoms. The van der Waals surface area contributed by atoms with E-state index in [1.54, 1.807) is 25.4 Å². The average molecular weight is 399 g/mol. The third-order valence-corrected chi connectivity index (χ3v) is 5.34. The number of amides is 1. The first-order chi connectivity index (χ1) is 14.1. The molecule has 1 saturated heterocycles. The third kappa shape index (κ3) is 3.96. The number of piperidine rings is 1. The summed E-state index contributed by atoms with van der Waals surface area (Å²) in [6.45, 7) is 1.31. The van der Waals surface area contributed by atoms with E-state index in [9.17, 15) is 13.6 Å². The van der Waals surface area contributed by atoms with Gasteiger partial charge in [-0.15, -0.1) is 0 Å². The maximum absolute atomic E-state index is 14.6. The average Bonchev–Trinajstić information content (AvgIpc) is 3.10. The molecule has 29 heavy (non-hydrogen) atoms. The summed E-state index contributed by atoms with van der Waals surface area (Å²) >= 11 is 0. The minimum Gasteiger partial charge on any atom is -0.497 e. The van der Waals surface area contributed by atoms with Gasteiger partial charge in [0.2, 0.25) is 0 Å². The molecule has 1 aromatic heterocycles. The Morgan fingerprint density at radius 2 is 2.07 bits per heavy atom. The van der Waals surface area contributed by atoms with Gasteiger partial charge in [-0.1, -0.05) is 18.2 Å². The van der Waals surface area contributed by atoms with Crippen LogP contribution >= 0.6 is 0 Å². The molecule has 2 atom stereocenters. The van der Waals surface area contributed by atoms with Gasteiger partial charge in [0.1, 0.15) is 17.7 Å². The van der Waals surface area contributed by atoms with Crippen molar-refractivity contribution in [3.05, 3.63) is 65.6 Å². The van der Waals surface area contributed by atoms with Crippen molar-refractivity contribution in [2.24, 2.45) is 0 Å². The highest BCUT2D eigenvalue weighted by Gasteiger charge is 2.28. The molecular weight excluding hydrogens is 376 g/mol. The van der Waals surface area contributed by atoms with E-state index in [0.29, 0.717) is 25.0 Å². The van der Waals surface area contributed by atoms with Gasteiger partial charge in [-0.05, 0) is 42.8 Å². The van der Waals surface area contributed by atoms with Gasteiger partial charge in [-0.3, -0.25) is 4.79 Å². The minimum atomic E-state index is -1.16. The summed E-state index contributed by atoms with van der Waals surface area (Å²) in [7, 11) is 1.60. The van der Waals surface area contributed by atoms with E-state index in [0.717, 1.165) is 11.3 Å². The van der Waals surface area contributed by atoms with Crippen LogP contribution in [0.2, 0.25) is 0 Å². The molecule has 0 aliphatic carbocycles. The fourth-order valence-corrected chi connectivity index (χ4v) is 3.77. The second-order valence-corrected chi connectivity index (χ2v) is 7.24. The van der Waals surface area contributed by atoms with E-state index < -0.39 is 23.9 Å². The molecule has 1 fully saturated rings. The van der Waals surface area contributed by atoms with Gasteiger partial charge in [-0.25, -0.2) is 8.78 Å². The molecule has 5 nitrogen and oxygen atoms in total. The molecular formula is C22H23F2N3O2. The van der Waals surface area contributed by atoms with Crippen molar-refractivity contribution in [2.45, 2.75) is 25.2 Å². The van der Waals surface area contributed by atoms with E-state index in [1.807, 2.05) is 28.8 Å². The second kappa shape index (κ2) is 8.21. The Hall–Kier alpha value is -2.93. The molecule has 0 radical (unpaired) electrons. The highest BCUT2D eigenvalue weighted by atomic mass is 19.1. The lowest BCUT2D eigenvalue weighted by Gasteiger charge is -2.27. The number of methoxy groups -OCH3 is 1. The summed E-state index contributed by atoms with van der Waals surface area (Å²) in [5.41, 5.74) is 1.83. The number of nitrogens with one attached hydrogen (secondary N) is 2. The van der Waals surface area contributed by atoms with E-state index in [4.69, 9.17) is 4.74 Å². The van der Waals surface area contributed by atoms with Crippen LogP contribution in [-0.2, 0) is 6.54 Å². The predicted octanol–water partition coefficient (Wildman–Crippen LogP) is 3.27. The summed E-state index contributed by atoms with van der Waals surface area (Å²) in [5, 5.41) is 5.96. The first kappa shape index (κ1) is 19.4. The molecule has 1 aliphatic rings. The molecule has 0 spiro atoms. The number of alkyl halides is 1. The van der Waals surface area contributed by atoms with Gasteiger partial charge in [0.25, 0.3) is 5.91 Å². The maximum Gasteiger partial charge on any atom is 0.253 e. The number of benzene rings is 2. The number of fused-ring (bicyclic) bond motifs is 1. The summed E-state index contributed by atoms with van der Waals surface area (Å²) in [6.07, 6.45) is 0.979. The molecule has 2 heterocycles. The number of ether oxygens (including phenoxy) is 1. The number of carbonyl (C=O) groups is 1. The lowest BCUT2D eigenvalue weighted by Crippen LogP contribution is -2.50. The van der Waals surface area contributed by atoms with Crippen molar-refractivity contribution in [3.63, 3.8) is 0 Å². The summed E-state index contributed by atoms with van der Waals surface area (Å²) in [6, 6.07) is 11.7. The van der Waals surface area contributed by atoms with Crippen LogP contribution in [0, 0.1) is 5.82 Å². The molecule has 1 unspecified atom stereocenters. The standard InChI is InChI=1S/C22H23F2N3O2/c1-29-15-7-5-14(6-8-15)12-27-13-16(21-17(23)3-2-4-20(21)27)22(28)26-19-9-10-25-11-18(19)24/h2-8,13,18-19,25H,9-12H2,1H3,(H,26,28)/t18-,19?/m0/s1. The van der Waals surface area contributed by atoms with E-state index >= 15 is 0 Å². The van der Waals surface area contributed by atoms with Crippen LogP contribution in [0.3, 0.4) is 0 Å². The van der Waals surface area contributed by atoms with Gasteiger partial charge in [0, 0.05) is 24.7 Å². The van der Waals surface area contributed by atoms with Gasteiger partial charge in [0.15, 0.2) is 0 Å². The SMILES string of the molecule is COc1ccc(Cn2cc(C(=O)NC3CCNC[C@@H]3F)c3c(F)cccc32)cc1. The number of rotatable bonds is 5. The van der Waals surface area contributed by atoms with Crippen molar-refractivity contribution in [1.29, 1.82) is 0 Å². The van der Waals surface area contributed by atoms with Crippen LogP contribution in [0.5, 0.6) is 5.75 Å². The monoisotopic (exact) mass is 399 g/mol. The molecule has 7 heteroatoms. The number of aromatic nitrogens is 1. The Balaban J connectivity index is 1.66. The first-order valence-corrected chi connectivity index (χ1v) is 9.62. The normalized spacial score (nSPS) is 19.3. The number of carbonyl (C=O) groups excluding carboxylic acids is 1. The third-order valence-electron chi connectivity index (χ3n) is 5.34. The highest BCUT2D eigenvalue weighted by molar-refractivity contribution is 6.07. The zero-order valence-corrected chi connectivity index (χ0v) is 16.1. The zero-order chi connectivity index (χ0) is 20.4. The molecule has 4 rings (SSSR count). The van der Waals surface area contributed by atoms with E-state index in [1.165, 1.54) is 6.07 Å². The summed E-state index contributed by atoms with van der Waals surface area (Å²) < 4.78 is 35.7. The van der Waals surface area contributed by atoms with Gasteiger partial charge in [0.05, 0.1) is 24.2 Å². The number of hydrogen-bond acceptors (Lipinski definition) is 3. The largest absolute Gasteiger partial charge is 0.497 e. The van der Waals surface area contributed by atoms with Crippen LogP contribution in [0.15, 0.2) is 48.7 Å². The summed E-state index contributed by atoms with van der Waals surface area (Å²) in [5.74, 6) is -0.175. The molecule has 1 aliphatic heterocycles. The molecule has 0 saturated carbocycles. The second-order valence-electron chi connectivity index (χ2n) is 7.24. The fourth-order valence-electron chi connectivity index (χ4n) is 3.77. The Morgan fingerprint density at radius 3 is 2.79 bits per heavy atom. The Labute approximate surface area is 167 Å². The van der Waals surface area contributed by atoms with Gasteiger partial charge >= 0.3 is 0 Å². The molecule has 2 aromatic carbocycles. The number of halogens is 2. The van der Waals surface area contributed by atoms with Crippen molar-refractivity contribution < 1.29 is 18.3 Å². The lowest BCUT2D eigenvalue weighted by molar-refractivity contribution is 0.0893. The quantitative estimate of drug-likeness (QED) is 0.693. The number of hydrogen-bond donors (Lipinski definition) is 2. The van der Waals surface area contributed by atoms with Crippen molar-refractivity contribution in [1.82, 2.24) is 15.2 Å². The Kier molecular flexibility index (Phi) is 5.49. The highest BCUT2D eigenvalue weighted by Crippen LogP contribution is 2.26. The van der Waals surface area contributed by atoms with E-state index in [-0.39, 0.29) is 17.5 Å². The fraction of sp³-hybridized carbons (Fsp3) is 0.318. The zero-order valence-electron chi connectivity index (χ0n) is 16.1. The van der Waals surface area contributed by atoms with E-state index in [2.05, 4.69) is 10.6 Å². The van der Waals surface area contributed by atoms with Crippen LogP contribution < -0.4 is 15.4 Å². The van der Waals surface area contributed by atoms with Crippen LogP contribution in [0.1, 0.15) is 22.3 Å². The molecule has 152 valence electrons. The molecule has 1 amide bonds. The van der Waals surface area contributed by atoms with Crippen molar-refractivity contribution in [2.75, 3.05) is 20.2 Å². The smallest absolute Gasteiger partial charge is 0.253 e. The van der Waals surface area contributed by atoms with Crippen molar-refractivity contribution in [3.8, 4) is 5.75 Å².